The van der Waals surface area contributed by atoms with Crippen molar-refractivity contribution < 1.29 is 9.32 Å². The highest BCUT2D eigenvalue weighted by molar-refractivity contribution is 7.10. The van der Waals surface area contributed by atoms with Crippen LogP contribution in [0.1, 0.15) is 32.6 Å². The molecule has 0 amide bonds. The highest BCUT2D eigenvalue weighted by Crippen LogP contribution is 2.22. The van der Waals surface area contributed by atoms with Gasteiger partial charge in [0.2, 0.25) is 0 Å². The van der Waals surface area contributed by atoms with Crippen molar-refractivity contribution in [3.8, 4) is 0 Å². The van der Waals surface area contributed by atoms with Crippen LogP contribution in [0.15, 0.2) is 6.07 Å². The number of carbonyl (C=O) groups excluding carboxylic acids is 1. The van der Waals surface area contributed by atoms with Gasteiger partial charge in [0.1, 0.15) is 0 Å². The first-order valence-electron chi connectivity index (χ1n) is 4.47. The van der Waals surface area contributed by atoms with Gasteiger partial charge in [-0.3, -0.25) is 0 Å². The van der Waals surface area contributed by atoms with Gasteiger partial charge in [0.15, 0.2) is 0 Å². The van der Waals surface area contributed by atoms with Gasteiger partial charge in [-0.05, 0) is 56.0 Å². The molecule has 0 spiro atoms. The maximum Gasteiger partial charge on any atom is 0.340 e. The number of hydrogen-bond acceptors (Lipinski definition) is 2. The SMILES string of the molecule is Cc1cc(C(=O)OP)c(C)c(C)c1C. The fraction of sp³-hybridized carbons (Fsp3) is 0.364. The van der Waals surface area contributed by atoms with Crippen molar-refractivity contribution >= 4 is 15.4 Å². The van der Waals surface area contributed by atoms with Crippen molar-refractivity contribution in [3.05, 3.63) is 33.9 Å². The van der Waals surface area contributed by atoms with E-state index in [4.69, 9.17) is 0 Å². The molecule has 0 saturated heterocycles. The largest absolute Gasteiger partial charge is 0.448 e. The van der Waals surface area contributed by atoms with E-state index in [2.05, 4.69) is 11.4 Å². The van der Waals surface area contributed by atoms with Crippen LogP contribution in [-0.4, -0.2) is 5.97 Å². The van der Waals surface area contributed by atoms with E-state index in [0.29, 0.717) is 5.56 Å². The fourth-order valence-corrected chi connectivity index (χ4v) is 1.61. The Morgan fingerprint density at radius 3 is 2.21 bits per heavy atom. The van der Waals surface area contributed by atoms with Crippen molar-refractivity contribution in [1.82, 2.24) is 0 Å². The molecule has 0 saturated carbocycles. The molecule has 3 heteroatoms. The predicted octanol–water partition coefficient (Wildman–Crippen LogP) is 2.87. The molecule has 0 N–H and O–H groups in total. The van der Waals surface area contributed by atoms with Gasteiger partial charge in [-0.1, -0.05) is 0 Å². The normalized spacial score (nSPS) is 10.1. The Morgan fingerprint density at radius 1 is 1.14 bits per heavy atom. The van der Waals surface area contributed by atoms with Gasteiger partial charge in [-0.25, -0.2) is 4.79 Å². The van der Waals surface area contributed by atoms with Gasteiger partial charge in [0.25, 0.3) is 0 Å². The van der Waals surface area contributed by atoms with Crippen molar-refractivity contribution in [2.45, 2.75) is 27.7 Å². The van der Waals surface area contributed by atoms with Crippen LogP contribution in [0.5, 0.6) is 0 Å². The van der Waals surface area contributed by atoms with Crippen LogP contribution in [0.4, 0.5) is 0 Å². The minimum absolute atomic E-state index is 0.293. The number of aryl methyl sites for hydroxylation is 1. The summed E-state index contributed by atoms with van der Waals surface area (Å²) in [7, 11) is 1.98. The summed E-state index contributed by atoms with van der Waals surface area (Å²) in [4.78, 5) is 11.4. The van der Waals surface area contributed by atoms with E-state index in [1.165, 1.54) is 5.56 Å². The summed E-state index contributed by atoms with van der Waals surface area (Å²) in [5.74, 6) is -0.293. The molecule has 1 aromatic rings. The van der Waals surface area contributed by atoms with Gasteiger partial charge in [0.05, 0.1) is 15.0 Å². The molecule has 0 aliphatic carbocycles. The fourth-order valence-electron chi connectivity index (χ4n) is 1.49. The van der Waals surface area contributed by atoms with Crippen molar-refractivity contribution in [2.24, 2.45) is 0 Å². The molecule has 1 rings (SSSR count). The molecule has 1 aromatic carbocycles. The zero-order chi connectivity index (χ0) is 10.9. The third kappa shape index (κ3) is 1.80. The molecular formula is C11H15O2P. The second-order valence-electron chi connectivity index (χ2n) is 3.52. The lowest BCUT2D eigenvalue weighted by molar-refractivity contribution is 0.0764. The van der Waals surface area contributed by atoms with Crippen LogP contribution >= 0.6 is 9.47 Å². The van der Waals surface area contributed by atoms with Gasteiger partial charge in [0, 0.05) is 0 Å². The maximum absolute atomic E-state index is 11.4. The average Bonchev–Trinajstić information content (AvgIpc) is 2.19. The summed E-state index contributed by atoms with van der Waals surface area (Å²) in [6.45, 7) is 8.03. The molecule has 0 aliphatic rings. The standard InChI is InChI=1S/C11H15O2P/c1-6-5-10(11(12)13-14)9(4)8(3)7(6)2/h5H,14H2,1-4H3. The van der Waals surface area contributed by atoms with E-state index in [1.54, 1.807) is 0 Å². The first kappa shape index (κ1) is 11.2. The van der Waals surface area contributed by atoms with Gasteiger partial charge >= 0.3 is 5.97 Å². The van der Waals surface area contributed by atoms with Gasteiger partial charge in [-0.2, -0.15) is 0 Å². The minimum atomic E-state index is -0.293. The first-order chi connectivity index (χ1) is 6.49. The Balaban J connectivity index is 3.40. The molecule has 0 aromatic heterocycles. The lowest BCUT2D eigenvalue weighted by atomic mass is 9.95. The summed E-state index contributed by atoms with van der Waals surface area (Å²) in [6, 6.07) is 1.88. The zero-order valence-corrected chi connectivity index (χ0v) is 10.1. The van der Waals surface area contributed by atoms with Crippen molar-refractivity contribution in [1.29, 1.82) is 0 Å². The molecule has 1 atom stereocenters. The summed E-state index contributed by atoms with van der Waals surface area (Å²) in [5.41, 5.74) is 5.18. The number of benzene rings is 1. The van der Waals surface area contributed by atoms with E-state index in [0.717, 1.165) is 16.7 Å². The summed E-state index contributed by atoms with van der Waals surface area (Å²) in [6.07, 6.45) is 0. The van der Waals surface area contributed by atoms with E-state index in [9.17, 15) is 4.79 Å². The quantitative estimate of drug-likeness (QED) is 0.666. The minimum Gasteiger partial charge on any atom is -0.448 e. The number of rotatable bonds is 1. The lowest BCUT2D eigenvalue weighted by Gasteiger charge is -2.12. The number of hydrogen-bond donors (Lipinski definition) is 0. The van der Waals surface area contributed by atoms with Gasteiger partial charge < -0.3 is 4.52 Å². The molecule has 0 radical (unpaired) electrons. The van der Waals surface area contributed by atoms with Crippen molar-refractivity contribution in [2.75, 3.05) is 0 Å². The average molecular weight is 210 g/mol. The summed E-state index contributed by atoms with van der Waals surface area (Å²) >= 11 is 0. The molecule has 2 nitrogen and oxygen atoms in total. The lowest BCUT2D eigenvalue weighted by Crippen LogP contribution is -2.05. The van der Waals surface area contributed by atoms with Crippen molar-refractivity contribution in [3.63, 3.8) is 0 Å². The predicted molar refractivity (Wildman–Crippen MR) is 60.5 cm³/mol. The second-order valence-corrected chi connectivity index (χ2v) is 3.76. The third-order valence-corrected chi connectivity index (χ3v) is 3.02. The molecule has 0 heterocycles. The van der Waals surface area contributed by atoms with E-state index < -0.39 is 0 Å². The van der Waals surface area contributed by atoms with E-state index in [1.807, 2.05) is 36.3 Å². The Kier molecular flexibility index (Phi) is 3.28. The van der Waals surface area contributed by atoms with Crippen LogP contribution in [0.2, 0.25) is 0 Å². The smallest absolute Gasteiger partial charge is 0.340 e. The summed E-state index contributed by atoms with van der Waals surface area (Å²) < 4.78 is 4.64. The first-order valence-corrected chi connectivity index (χ1v) is 4.94. The molecule has 0 aliphatic heterocycles. The molecule has 0 bridgehead atoms. The van der Waals surface area contributed by atoms with E-state index >= 15 is 0 Å². The van der Waals surface area contributed by atoms with Crippen LogP contribution in [0, 0.1) is 27.7 Å². The Labute approximate surface area is 86.9 Å². The topological polar surface area (TPSA) is 26.3 Å². The third-order valence-electron chi connectivity index (χ3n) is 2.81. The Morgan fingerprint density at radius 2 is 1.71 bits per heavy atom. The van der Waals surface area contributed by atoms with E-state index in [-0.39, 0.29) is 5.97 Å². The highest BCUT2D eigenvalue weighted by atomic mass is 31.0. The number of carbonyl (C=O) groups is 1. The van der Waals surface area contributed by atoms with Crippen LogP contribution in [-0.2, 0) is 4.52 Å². The molecule has 14 heavy (non-hydrogen) atoms. The van der Waals surface area contributed by atoms with Crippen LogP contribution in [0.3, 0.4) is 0 Å². The molecule has 1 unspecified atom stereocenters. The van der Waals surface area contributed by atoms with Crippen LogP contribution in [0.25, 0.3) is 0 Å². The van der Waals surface area contributed by atoms with Gasteiger partial charge in [-0.15, -0.1) is 0 Å². The zero-order valence-electron chi connectivity index (χ0n) is 8.97. The molecule has 0 fully saturated rings. The highest BCUT2D eigenvalue weighted by Gasteiger charge is 2.13. The Bertz CT molecular complexity index is 383. The molecular weight excluding hydrogens is 195 g/mol. The Hall–Kier alpha value is -0.880. The summed E-state index contributed by atoms with van der Waals surface area (Å²) in [5, 5.41) is 0. The second kappa shape index (κ2) is 4.10. The maximum atomic E-state index is 11.4. The monoisotopic (exact) mass is 210 g/mol. The molecule has 76 valence electrons. The van der Waals surface area contributed by atoms with Crippen LogP contribution < -0.4 is 0 Å².